The lowest BCUT2D eigenvalue weighted by Gasteiger charge is -2.09. The molecule has 5 nitrogen and oxygen atoms in total. The largest absolute Gasteiger partial charge is 0.344 e. The van der Waals surface area contributed by atoms with Crippen LogP contribution in [0.1, 0.15) is 24.4 Å². The Bertz CT molecular complexity index is 677. The van der Waals surface area contributed by atoms with E-state index in [1.54, 1.807) is 10.6 Å². The molecular formula is C13H15FN4OS. The number of aromatic nitrogens is 3. The molecule has 1 aliphatic carbocycles. The Morgan fingerprint density at radius 2 is 2.30 bits per heavy atom. The number of halogens is 1. The number of nitrogens with two attached hydrogens (primary N) is 1. The fourth-order valence-electron chi connectivity index (χ4n) is 2.13. The average Bonchev–Trinajstić information content (AvgIpc) is 3.19. The lowest BCUT2D eigenvalue weighted by atomic mass is 10.1. The smallest absolute Gasteiger partial charge is 0.330 e. The molecule has 2 aromatic rings. The number of hydrogen-bond acceptors (Lipinski definition) is 4. The zero-order valence-electron chi connectivity index (χ0n) is 10.8. The summed E-state index contributed by atoms with van der Waals surface area (Å²) in [5, 5.41) is 6.96. The topological polar surface area (TPSA) is 76.7 Å². The van der Waals surface area contributed by atoms with Gasteiger partial charge in [0.05, 0.1) is 4.90 Å². The number of aromatic amines is 1. The van der Waals surface area contributed by atoms with E-state index in [4.69, 9.17) is 5.73 Å². The minimum atomic E-state index is -0.307. The van der Waals surface area contributed by atoms with Crippen molar-refractivity contribution in [3.8, 4) is 0 Å². The molecule has 106 valence electrons. The summed E-state index contributed by atoms with van der Waals surface area (Å²) < 4.78 is 15.6. The van der Waals surface area contributed by atoms with E-state index in [1.807, 2.05) is 6.07 Å². The fourth-order valence-corrected chi connectivity index (χ4v) is 3.20. The van der Waals surface area contributed by atoms with E-state index < -0.39 is 0 Å². The number of hydrogen-bond donors (Lipinski definition) is 2. The van der Waals surface area contributed by atoms with Gasteiger partial charge in [0, 0.05) is 6.04 Å². The maximum Gasteiger partial charge on any atom is 0.344 e. The van der Waals surface area contributed by atoms with Crippen LogP contribution in [0.5, 0.6) is 0 Å². The van der Waals surface area contributed by atoms with E-state index in [2.05, 4.69) is 10.2 Å². The number of nitrogens with zero attached hydrogens (tertiary/aromatic N) is 2. The van der Waals surface area contributed by atoms with Gasteiger partial charge in [-0.1, -0.05) is 12.1 Å². The van der Waals surface area contributed by atoms with Gasteiger partial charge in [0.1, 0.15) is 5.82 Å². The minimum absolute atomic E-state index is 0.202. The van der Waals surface area contributed by atoms with Crippen LogP contribution in [-0.4, -0.2) is 21.3 Å². The van der Waals surface area contributed by atoms with Gasteiger partial charge < -0.3 is 5.73 Å². The van der Waals surface area contributed by atoms with E-state index in [1.165, 1.54) is 17.8 Å². The van der Waals surface area contributed by atoms with Gasteiger partial charge in [0.25, 0.3) is 0 Å². The van der Waals surface area contributed by atoms with Gasteiger partial charge in [-0.15, -0.1) is 5.10 Å². The van der Waals surface area contributed by atoms with Crippen molar-refractivity contribution in [2.45, 2.75) is 35.4 Å². The van der Waals surface area contributed by atoms with Crippen LogP contribution in [0.15, 0.2) is 33.0 Å². The first-order valence-electron chi connectivity index (χ1n) is 6.53. The third-order valence-electron chi connectivity index (χ3n) is 3.24. The summed E-state index contributed by atoms with van der Waals surface area (Å²) in [6.45, 7) is 0.451. The monoisotopic (exact) mass is 294 g/mol. The molecule has 1 saturated carbocycles. The molecule has 0 spiro atoms. The van der Waals surface area contributed by atoms with Gasteiger partial charge in [-0.2, -0.15) is 0 Å². The predicted octanol–water partition coefficient (Wildman–Crippen LogP) is 1.70. The van der Waals surface area contributed by atoms with Crippen LogP contribution in [0.25, 0.3) is 0 Å². The maximum atomic E-state index is 14.0. The second-order valence-corrected chi connectivity index (χ2v) is 5.76. The lowest BCUT2D eigenvalue weighted by Crippen LogP contribution is -2.16. The van der Waals surface area contributed by atoms with Crippen molar-refractivity contribution >= 4 is 11.8 Å². The third-order valence-corrected chi connectivity index (χ3v) is 4.37. The number of benzene rings is 1. The van der Waals surface area contributed by atoms with Crippen LogP contribution in [-0.2, 0) is 6.42 Å². The summed E-state index contributed by atoms with van der Waals surface area (Å²) >= 11 is 1.19. The molecule has 1 aliphatic rings. The minimum Gasteiger partial charge on any atom is -0.330 e. The predicted molar refractivity (Wildman–Crippen MR) is 74.4 cm³/mol. The van der Waals surface area contributed by atoms with Crippen molar-refractivity contribution in [2.75, 3.05) is 6.54 Å². The Labute approximate surface area is 119 Å². The molecule has 0 aliphatic heterocycles. The molecule has 0 radical (unpaired) electrons. The van der Waals surface area contributed by atoms with Crippen molar-refractivity contribution in [3.05, 3.63) is 40.1 Å². The van der Waals surface area contributed by atoms with Crippen molar-refractivity contribution < 1.29 is 4.39 Å². The van der Waals surface area contributed by atoms with Crippen molar-refractivity contribution in [1.29, 1.82) is 0 Å². The summed E-state index contributed by atoms with van der Waals surface area (Å²) in [7, 11) is 0. The van der Waals surface area contributed by atoms with Crippen LogP contribution in [0.2, 0.25) is 0 Å². The molecule has 3 N–H and O–H groups in total. The standard InChI is InChI=1S/C13H15FN4OS/c14-10-3-1-2-8(6-7-15)11(10)20-13-17-16-12(19)18(13)9-4-5-9/h1-3,9H,4-7,15H2,(H,16,19). The highest BCUT2D eigenvalue weighted by Gasteiger charge is 2.29. The first kappa shape index (κ1) is 13.4. The van der Waals surface area contributed by atoms with Gasteiger partial charge in [-0.25, -0.2) is 14.3 Å². The van der Waals surface area contributed by atoms with Gasteiger partial charge in [0.15, 0.2) is 5.16 Å². The second kappa shape index (κ2) is 5.41. The molecule has 0 amide bonds. The number of rotatable bonds is 5. The molecule has 1 aromatic carbocycles. The van der Waals surface area contributed by atoms with Crippen molar-refractivity contribution in [3.63, 3.8) is 0 Å². The fraction of sp³-hybridized carbons (Fsp3) is 0.385. The van der Waals surface area contributed by atoms with Crippen LogP contribution < -0.4 is 11.4 Å². The zero-order valence-corrected chi connectivity index (χ0v) is 11.6. The third kappa shape index (κ3) is 2.51. The lowest BCUT2D eigenvalue weighted by molar-refractivity contribution is 0.594. The van der Waals surface area contributed by atoms with E-state index in [9.17, 15) is 9.18 Å². The van der Waals surface area contributed by atoms with E-state index in [-0.39, 0.29) is 17.5 Å². The summed E-state index contributed by atoms with van der Waals surface area (Å²) in [5.74, 6) is -0.307. The number of nitrogens with one attached hydrogen (secondary N) is 1. The molecule has 1 fully saturated rings. The Morgan fingerprint density at radius 1 is 1.50 bits per heavy atom. The molecule has 0 atom stereocenters. The van der Waals surface area contributed by atoms with Crippen LogP contribution in [0, 0.1) is 5.82 Å². The summed E-state index contributed by atoms with van der Waals surface area (Å²) in [6.07, 6.45) is 2.54. The van der Waals surface area contributed by atoms with E-state index >= 15 is 0 Å². The van der Waals surface area contributed by atoms with Crippen LogP contribution in [0.4, 0.5) is 4.39 Å². The normalized spacial score (nSPS) is 14.7. The van der Waals surface area contributed by atoms with Gasteiger partial charge in [0.2, 0.25) is 0 Å². The molecular weight excluding hydrogens is 279 g/mol. The first-order chi connectivity index (χ1) is 9.70. The molecule has 7 heteroatoms. The van der Waals surface area contributed by atoms with Gasteiger partial charge >= 0.3 is 5.69 Å². The van der Waals surface area contributed by atoms with Crippen LogP contribution in [0.3, 0.4) is 0 Å². The van der Waals surface area contributed by atoms with Gasteiger partial charge in [-0.05, 0) is 49.2 Å². The van der Waals surface area contributed by atoms with Crippen LogP contribution >= 0.6 is 11.8 Å². The van der Waals surface area contributed by atoms with Crippen molar-refractivity contribution in [1.82, 2.24) is 14.8 Å². The Balaban J connectivity index is 1.97. The average molecular weight is 294 g/mol. The molecule has 0 unspecified atom stereocenters. The highest BCUT2D eigenvalue weighted by Crippen LogP contribution is 2.38. The van der Waals surface area contributed by atoms with Crippen molar-refractivity contribution in [2.24, 2.45) is 5.73 Å². The highest BCUT2D eigenvalue weighted by atomic mass is 32.2. The molecule has 0 bridgehead atoms. The quantitative estimate of drug-likeness (QED) is 0.880. The van der Waals surface area contributed by atoms with Gasteiger partial charge in [-0.3, -0.25) is 4.57 Å². The zero-order chi connectivity index (χ0) is 14.1. The summed E-state index contributed by atoms with van der Waals surface area (Å²) in [5.41, 5.74) is 6.17. The second-order valence-electron chi connectivity index (χ2n) is 4.78. The Hall–Kier alpha value is -1.60. The molecule has 20 heavy (non-hydrogen) atoms. The SMILES string of the molecule is NCCc1cccc(F)c1Sc1n[nH]c(=O)n1C1CC1. The highest BCUT2D eigenvalue weighted by molar-refractivity contribution is 7.99. The maximum absolute atomic E-state index is 14.0. The Kier molecular flexibility index (Phi) is 3.62. The number of H-pyrrole nitrogens is 1. The Morgan fingerprint density at radius 3 is 3.00 bits per heavy atom. The first-order valence-corrected chi connectivity index (χ1v) is 7.34. The summed E-state index contributed by atoms with van der Waals surface area (Å²) in [4.78, 5) is 12.2. The van der Waals surface area contributed by atoms with E-state index in [0.717, 1.165) is 18.4 Å². The molecule has 0 saturated heterocycles. The molecule has 3 rings (SSSR count). The molecule has 1 aromatic heterocycles. The summed E-state index contributed by atoms with van der Waals surface area (Å²) in [6, 6.07) is 5.13. The van der Waals surface area contributed by atoms with E-state index in [0.29, 0.717) is 23.0 Å². The molecule has 1 heterocycles.